The number of nitrogens with one attached hydrogen (secondary N) is 1. The van der Waals surface area contributed by atoms with Crippen LogP contribution in [-0.4, -0.2) is 42.0 Å². The van der Waals surface area contributed by atoms with Crippen molar-refractivity contribution in [3.05, 3.63) is 53.2 Å². The molecule has 3 rings (SSSR count). The first kappa shape index (κ1) is 15.7. The smallest absolute Gasteiger partial charge is 0.255 e. The van der Waals surface area contributed by atoms with Gasteiger partial charge in [-0.25, -0.2) is 0 Å². The Labute approximate surface area is 137 Å². The van der Waals surface area contributed by atoms with Gasteiger partial charge in [0.25, 0.3) is 5.91 Å². The lowest BCUT2D eigenvalue weighted by atomic mass is 10.1. The number of pyridine rings is 1. The molecule has 0 aliphatic carbocycles. The number of nitrogens with zero attached hydrogens (tertiary/aromatic N) is 2. The number of hydrogen-bond donors (Lipinski definition) is 1. The fraction of sp³-hybridized carbons (Fsp3) is 0.368. The second-order valence-electron chi connectivity index (χ2n) is 5.92. The molecular formula is C19H23N3O. The number of piperazine rings is 1. The SMILES string of the molecule is CCc1ccc(-c2ccc(C(=O)N3CCNCC3)c(C)n2)cc1. The Balaban J connectivity index is 1.83. The highest BCUT2D eigenvalue weighted by Gasteiger charge is 2.20. The summed E-state index contributed by atoms with van der Waals surface area (Å²) in [6, 6.07) is 12.3. The summed E-state index contributed by atoms with van der Waals surface area (Å²) >= 11 is 0. The van der Waals surface area contributed by atoms with Gasteiger partial charge in [-0.1, -0.05) is 31.2 Å². The van der Waals surface area contributed by atoms with Crippen LogP contribution >= 0.6 is 0 Å². The van der Waals surface area contributed by atoms with Crippen molar-refractivity contribution >= 4 is 5.91 Å². The number of carbonyl (C=O) groups is 1. The molecule has 1 fully saturated rings. The topological polar surface area (TPSA) is 45.2 Å². The summed E-state index contributed by atoms with van der Waals surface area (Å²) in [5.74, 6) is 0.0874. The molecular weight excluding hydrogens is 286 g/mol. The number of rotatable bonds is 3. The quantitative estimate of drug-likeness (QED) is 0.948. The van der Waals surface area contributed by atoms with Crippen LogP contribution in [0, 0.1) is 6.92 Å². The van der Waals surface area contributed by atoms with Crippen molar-refractivity contribution in [3.63, 3.8) is 0 Å². The van der Waals surface area contributed by atoms with Gasteiger partial charge < -0.3 is 10.2 Å². The molecule has 1 saturated heterocycles. The van der Waals surface area contributed by atoms with Gasteiger partial charge in [0.15, 0.2) is 0 Å². The Morgan fingerprint density at radius 3 is 2.43 bits per heavy atom. The van der Waals surface area contributed by atoms with Gasteiger partial charge in [-0.05, 0) is 31.0 Å². The molecule has 0 bridgehead atoms. The fourth-order valence-electron chi connectivity index (χ4n) is 2.90. The van der Waals surface area contributed by atoms with Crippen LogP contribution < -0.4 is 5.32 Å². The minimum Gasteiger partial charge on any atom is -0.336 e. The lowest BCUT2D eigenvalue weighted by Crippen LogP contribution is -2.46. The van der Waals surface area contributed by atoms with E-state index in [4.69, 9.17) is 0 Å². The molecule has 23 heavy (non-hydrogen) atoms. The van der Waals surface area contributed by atoms with E-state index in [1.165, 1.54) is 5.56 Å². The number of aryl methyl sites for hydroxylation is 2. The predicted octanol–water partition coefficient (Wildman–Crippen LogP) is 2.66. The van der Waals surface area contributed by atoms with Crippen molar-refractivity contribution in [2.75, 3.05) is 26.2 Å². The van der Waals surface area contributed by atoms with E-state index in [1.807, 2.05) is 24.0 Å². The third-order valence-corrected chi connectivity index (χ3v) is 4.38. The minimum absolute atomic E-state index is 0.0874. The first-order valence-electron chi connectivity index (χ1n) is 8.26. The van der Waals surface area contributed by atoms with Crippen molar-refractivity contribution in [1.82, 2.24) is 15.2 Å². The van der Waals surface area contributed by atoms with Crippen LogP contribution in [0.5, 0.6) is 0 Å². The van der Waals surface area contributed by atoms with E-state index in [-0.39, 0.29) is 5.91 Å². The van der Waals surface area contributed by atoms with Crippen LogP contribution in [0.15, 0.2) is 36.4 Å². The second kappa shape index (κ2) is 6.92. The Hall–Kier alpha value is -2.20. The van der Waals surface area contributed by atoms with E-state index in [2.05, 4.69) is 41.5 Å². The molecule has 1 aliphatic heterocycles. The summed E-state index contributed by atoms with van der Waals surface area (Å²) in [6.45, 7) is 7.31. The monoisotopic (exact) mass is 309 g/mol. The average molecular weight is 309 g/mol. The normalized spacial score (nSPS) is 14.8. The molecule has 1 aliphatic rings. The third-order valence-electron chi connectivity index (χ3n) is 4.38. The van der Waals surface area contributed by atoms with Gasteiger partial charge >= 0.3 is 0 Å². The maximum atomic E-state index is 12.6. The van der Waals surface area contributed by atoms with E-state index < -0.39 is 0 Å². The second-order valence-corrected chi connectivity index (χ2v) is 5.92. The number of amides is 1. The number of hydrogen-bond acceptors (Lipinski definition) is 3. The van der Waals surface area contributed by atoms with Crippen LogP contribution in [0.4, 0.5) is 0 Å². The van der Waals surface area contributed by atoms with Crippen molar-refractivity contribution in [2.24, 2.45) is 0 Å². The lowest BCUT2D eigenvalue weighted by Gasteiger charge is -2.27. The zero-order valence-electron chi connectivity index (χ0n) is 13.8. The average Bonchev–Trinajstić information content (AvgIpc) is 2.62. The summed E-state index contributed by atoms with van der Waals surface area (Å²) in [4.78, 5) is 19.2. The summed E-state index contributed by atoms with van der Waals surface area (Å²) in [6.07, 6.45) is 1.03. The van der Waals surface area contributed by atoms with Gasteiger partial charge in [-0.15, -0.1) is 0 Å². The standard InChI is InChI=1S/C19H23N3O/c1-3-15-4-6-16(7-5-15)18-9-8-17(14(2)21-18)19(23)22-12-10-20-11-13-22/h4-9,20H,3,10-13H2,1-2H3. The van der Waals surface area contributed by atoms with Crippen LogP contribution in [0.1, 0.15) is 28.5 Å². The largest absolute Gasteiger partial charge is 0.336 e. The van der Waals surface area contributed by atoms with Crippen LogP contribution in [-0.2, 0) is 6.42 Å². The van der Waals surface area contributed by atoms with Crippen molar-refractivity contribution < 1.29 is 4.79 Å². The molecule has 2 heterocycles. The minimum atomic E-state index is 0.0874. The molecule has 0 unspecified atom stereocenters. The molecule has 4 nitrogen and oxygen atoms in total. The molecule has 0 radical (unpaired) electrons. The molecule has 0 saturated carbocycles. The number of benzene rings is 1. The Morgan fingerprint density at radius 2 is 1.83 bits per heavy atom. The van der Waals surface area contributed by atoms with Crippen molar-refractivity contribution in [3.8, 4) is 11.3 Å². The van der Waals surface area contributed by atoms with Crippen LogP contribution in [0.2, 0.25) is 0 Å². The lowest BCUT2D eigenvalue weighted by molar-refractivity contribution is 0.0734. The summed E-state index contributed by atoms with van der Waals surface area (Å²) in [5.41, 5.74) is 4.83. The van der Waals surface area contributed by atoms with E-state index in [1.54, 1.807) is 0 Å². The van der Waals surface area contributed by atoms with E-state index in [9.17, 15) is 4.79 Å². The summed E-state index contributed by atoms with van der Waals surface area (Å²) in [5, 5.41) is 3.27. The summed E-state index contributed by atoms with van der Waals surface area (Å²) in [7, 11) is 0. The molecule has 2 aromatic rings. The number of aromatic nitrogens is 1. The molecule has 0 atom stereocenters. The van der Waals surface area contributed by atoms with Crippen LogP contribution in [0.25, 0.3) is 11.3 Å². The Kier molecular flexibility index (Phi) is 4.72. The van der Waals surface area contributed by atoms with Crippen molar-refractivity contribution in [1.29, 1.82) is 0 Å². The van der Waals surface area contributed by atoms with Gasteiger partial charge in [0.2, 0.25) is 0 Å². The highest BCUT2D eigenvalue weighted by atomic mass is 16.2. The molecule has 1 aromatic heterocycles. The highest BCUT2D eigenvalue weighted by molar-refractivity contribution is 5.95. The Morgan fingerprint density at radius 1 is 1.13 bits per heavy atom. The van der Waals surface area contributed by atoms with Gasteiger partial charge in [-0.3, -0.25) is 9.78 Å². The zero-order valence-corrected chi connectivity index (χ0v) is 13.8. The predicted molar refractivity (Wildman–Crippen MR) is 92.6 cm³/mol. The number of carbonyl (C=O) groups excluding carboxylic acids is 1. The first-order valence-corrected chi connectivity index (χ1v) is 8.26. The molecule has 1 N–H and O–H groups in total. The zero-order chi connectivity index (χ0) is 16.2. The molecule has 120 valence electrons. The van der Waals surface area contributed by atoms with E-state index in [0.29, 0.717) is 5.56 Å². The molecule has 4 heteroatoms. The van der Waals surface area contributed by atoms with E-state index >= 15 is 0 Å². The molecule has 0 spiro atoms. The fourth-order valence-corrected chi connectivity index (χ4v) is 2.90. The van der Waals surface area contributed by atoms with Crippen molar-refractivity contribution in [2.45, 2.75) is 20.3 Å². The maximum Gasteiger partial charge on any atom is 0.255 e. The van der Waals surface area contributed by atoms with Gasteiger partial charge in [0, 0.05) is 31.7 Å². The van der Waals surface area contributed by atoms with Gasteiger partial charge in [0.05, 0.1) is 17.0 Å². The van der Waals surface area contributed by atoms with Gasteiger partial charge in [0.1, 0.15) is 0 Å². The van der Waals surface area contributed by atoms with E-state index in [0.717, 1.165) is 49.6 Å². The molecule has 1 aromatic carbocycles. The Bertz CT molecular complexity index is 688. The maximum absolute atomic E-state index is 12.6. The summed E-state index contributed by atoms with van der Waals surface area (Å²) < 4.78 is 0. The highest BCUT2D eigenvalue weighted by Crippen LogP contribution is 2.20. The van der Waals surface area contributed by atoms with Gasteiger partial charge in [-0.2, -0.15) is 0 Å². The van der Waals surface area contributed by atoms with Crippen LogP contribution in [0.3, 0.4) is 0 Å². The first-order chi connectivity index (χ1) is 11.2. The molecule has 1 amide bonds. The third kappa shape index (κ3) is 3.42.